The molecule has 0 saturated heterocycles. The van der Waals surface area contributed by atoms with Crippen LogP contribution in [0.2, 0.25) is 0 Å². The Bertz CT molecular complexity index is 676. The largest absolute Gasteiger partial charge is 0.245 e. The molecule has 0 amide bonds. The molecular formula is C17H11NS. The Morgan fingerprint density at radius 2 is 1.42 bits per heavy atom. The highest BCUT2D eigenvalue weighted by molar-refractivity contribution is 7.16. The first-order valence-corrected chi connectivity index (χ1v) is 6.53. The van der Waals surface area contributed by atoms with Crippen molar-refractivity contribution in [2.24, 2.45) is 0 Å². The first-order chi connectivity index (χ1) is 9.33. The predicted octanol–water partition coefficient (Wildman–Crippen LogP) is 3.95. The molecule has 1 heterocycles. The summed E-state index contributed by atoms with van der Waals surface area (Å²) in [4.78, 5) is 4.14. The van der Waals surface area contributed by atoms with Gasteiger partial charge in [-0.05, 0) is 36.4 Å². The number of hydrogen-bond acceptors (Lipinski definition) is 2. The van der Waals surface area contributed by atoms with Crippen molar-refractivity contribution in [2.45, 2.75) is 0 Å². The molecule has 90 valence electrons. The van der Waals surface area contributed by atoms with Gasteiger partial charge < -0.3 is 0 Å². The summed E-state index contributed by atoms with van der Waals surface area (Å²) in [6.45, 7) is 0. The first kappa shape index (κ1) is 12.9. The van der Waals surface area contributed by atoms with E-state index >= 15 is 0 Å². The molecule has 1 aromatic heterocycles. The van der Waals surface area contributed by atoms with Gasteiger partial charge in [-0.1, -0.05) is 24.0 Å². The lowest BCUT2D eigenvalue weighted by Gasteiger charge is -1.89. The Balaban J connectivity index is 0.000000141. The summed E-state index contributed by atoms with van der Waals surface area (Å²) < 4.78 is 1.26. The number of rotatable bonds is 0. The highest BCUT2D eigenvalue weighted by Crippen LogP contribution is 2.15. The van der Waals surface area contributed by atoms with Crippen LogP contribution in [0.5, 0.6) is 0 Å². The van der Waals surface area contributed by atoms with Gasteiger partial charge in [-0.15, -0.1) is 24.2 Å². The molecule has 1 nitrogen and oxygen atoms in total. The molecule has 0 N–H and O–H groups in total. The Kier molecular flexibility index (Phi) is 4.34. The number of thiazole rings is 1. The topological polar surface area (TPSA) is 12.9 Å². The van der Waals surface area contributed by atoms with Crippen molar-refractivity contribution >= 4 is 21.6 Å². The van der Waals surface area contributed by atoms with Crippen molar-refractivity contribution in [3.8, 4) is 24.7 Å². The van der Waals surface area contributed by atoms with Crippen molar-refractivity contribution in [2.75, 3.05) is 0 Å². The van der Waals surface area contributed by atoms with Crippen molar-refractivity contribution < 1.29 is 0 Å². The SMILES string of the molecule is C#Cc1ccc(C#C)cc1.c1ccc2scnc2c1. The first-order valence-electron chi connectivity index (χ1n) is 5.65. The van der Waals surface area contributed by atoms with Gasteiger partial charge in [0.2, 0.25) is 0 Å². The van der Waals surface area contributed by atoms with E-state index in [9.17, 15) is 0 Å². The molecule has 2 heteroatoms. The summed E-state index contributed by atoms with van der Waals surface area (Å²) in [7, 11) is 0. The zero-order chi connectivity index (χ0) is 13.5. The monoisotopic (exact) mass is 261 g/mol. The number of hydrogen-bond donors (Lipinski definition) is 0. The third-order valence-corrected chi connectivity index (χ3v) is 3.26. The van der Waals surface area contributed by atoms with Crippen molar-refractivity contribution in [1.82, 2.24) is 4.98 Å². The molecule has 0 aliphatic carbocycles. The van der Waals surface area contributed by atoms with E-state index in [1.165, 1.54) is 4.70 Å². The van der Waals surface area contributed by atoms with Crippen LogP contribution in [0.4, 0.5) is 0 Å². The van der Waals surface area contributed by atoms with Gasteiger partial charge in [-0.2, -0.15) is 0 Å². The molecule has 0 radical (unpaired) electrons. The average Bonchev–Trinajstić information content (AvgIpc) is 2.96. The summed E-state index contributed by atoms with van der Waals surface area (Å²) >= 11 is 1.68. The highest BCUT2D eigenvalue weighted by Gasteiger charge is 1.89. The fourth-order valence-corrected chi connectivity index (χ4v) is 2.14. The molecule has 0 spiro atoms. The maximum absolute atomic E-state index is 5.14. The number of fused-ring (bicyclic) bond motifs is 1. The van der Waals surface area contributed by atoms with E-state index in [0.29, 0.717) is 0 Å². The number of aromatic nitrogens is 1. The van der Waals surface area contributed by atoms with Crippen molar-refractivity contribution in [1.29, 1.82) is 0 Å². The average molecular weight is 261 g/mol. The van der Waals surface area contributed by atoms with Gasteiger partial charge >= 0.3 is 0 Å². The number of terminal acetylenes is 2. The van der Waals surface area contributed by atoms with Gasteiger partial charge in [0.15, 0.2) is 0 Å². The Morgan fingerprint density at radius 1 is 0.842 bits per heavy atom. The van der Waals surface area contributed by atoms with E-state index in [1.807, 2.05) is 48.0 Å². The molecule has 0 bridgehead atoms. The van der Waals surface area contributed by atoms with Gasteiger partial charge in [0.1, 0.15) is 0 Å². The maximum atomic E-state index is 5.14. The fourth-order valence-electron chi connectivity index (χ4n) is 1.47. The normalized spacial score (nSPS) is 8.95. The lowest BCUT2D eigenvalue weighted by atomic mass is 10.1. The van der Waals surface area contributed by atoms with Crippen LogP contribution in [-0.2, 0) is 0 Å². The Hall–Kier alpha value is -2.55. The molecule has 0 fully saturated rings. The Labute approximate surface area is 116 Å². The zero-order valence-corrected chi connectivity index (χ0v) is 11.0. The lowest BCUT2D eigenvalue weighted by Crippen LogP contribution is -1.74. The van der Waals surface area contributed by atoms with Crippen LogP contribution >= 0.6 is 11.3 Å². The quantitative estimate of drug-likeness (QED) is 0.558. The van der Waals surface area contributed by atoms with E-state index in [2.05, 4.69) is 22.9 Å². The minimum atomic E-state index is 0.860. The van der Waals surface area contributed by atoms with Crippen LogP contribution < -0.4 is 0 Å². The van der Waals surface area contributed by atoms with Crippen LogP contribution in [0.1, 0.15) is 11.1 Å². The van der Waals surface area contributed by atoms with Crippen molar-refractivity contribution in [3.05, 3.63) is 65.2 Å². The molecule has 0 aliphatic heterocycles. The third-order valence-electron chi connectivity index (χ3n) is 2.45. The third kappa shape index (κ3) is 3.45. The van der Waals surface area contributed by atoms with Gasteiger partial charge in [-0.3, -0.25) is 0 Å². The number of para-hydroxylation sites is 1. The molecule has 0 atom stereocenters. The molecule has 19 heavy (non-hydrogen) atoms. The molecule has 0 aliphatic rings. The predicted molar refractivity (Wildman–Crippen MR) is 81.9 cm³/mol. The second-order valence-electron chi connectivity index (χ2n) is 3.69. The van der Waals surface area contributed by atoms with Crippen LogP contribution in [-0.4, -0.2) is 4.98 Å². The van der Waals surface area contributed by atoms with E-state index in [-0.39, 0.29) is 0 Å². The fraction of sp³-hybridized carbons (Fsp3) is 0. The molecule has 0 unspecified atom stereocenters. The second-order valence-corrected chi connectivity index (χ2v) is 4.57. The van der Waals surface area contributed by atoms with Crippen molar-refractivity contribution in [3.63, 3.8) is 0 Å². The van der Waals surface area contributed by atoms with Gasteiger partial charge in [0.25, 0.3) is 0 Å². The zero-order valence-electron chi connectivity index (χ0n) is 10.2. The van der Waals surface area contributed by atoms with Crippen LogP contribution in [0, 0.1) is 24.7 Å². The Morgan fingerprint density at radius 3 is 1.95 bits per heavy atom. The number of nitrogens with zero attached hydrogens (tertiary/aromatic N) is 1. The van der Waals surface area contributed by atoms with Gasteiger partial charge in [-0.25, -0.2) is 4.98 Å². The van der Waals surface area contributed by atoms with E-state index in [1.54, 1.807) is 11.3 Å². The van der Waals surface area contributed by atoms with Crippen LogP contribution in [0.15, 0.2) is 54.0 Å². The summed E-state index contributed by atoms with van der Waals surface area (Å²) in [5, 5.41) is 0. The van der Waals surface area contributed by atoms with Crippen LogP contribution in [0.25, 0.3) is 10.2 Å². The smallest absolute Gasteiger partial charge is 0.0812 e. The van der Waals surface area contributed by atoms with Gasteiger partial charge in [0.05, 0.1) is 15.7 Å². The molecule has 2 aromatic carbocycles. The van der Waals surface area contributed by atoms with E-state index in [4.69, 9.17) is 12.8 Å². The maximum Gasteiger partial charge on any atom is 0.0812 e. The molecule has 3 aromatic rings. The highest BCUT2D eigenvalue weighted by atomic mass is 32.1. The minimum Gasteiger partial charge on any atom is -0.245 e. The summed E-state index contributed by atoms with van der Waals surface area (Å²) in [5.74, 6) is 5.02. The summed E-state index contributed by atoms with van der Waals surface area (Å²) in [6, 6.07) is 15.4. The van der Waals surface area contributed by atoms with Gasteiger partial charge in [0, 0.05) is 11.1 Å². The second kappa shape index (κ2) is 6.40. The van der Waals surface area contributed by atoms with E-state index in [0.717, 1.165) is 16.6 Å². The minimum absolute atomic E-state index is 0.860. The van der Waals surface area contributed by atoms with Crippen LogP contribution in [0.3, 0.4) is 0 Å². The summed E-state index contributed by atoms with van der Waals surface area (Å²) in [5.41, 5.74) is 4.69. The lowest BCUT2D eigenvalue weighted by molar-refractivity contribution is 1.50. The number of benzene rings is 2. The standard InChI is InChI=1S/C10H6.C7H5NS/c1-3-9-5-7-10(4-2)8-6-9;1-2-4-7-6(3-1)8-5-9-7/h1-2,5-8H;1-5H. The molecule has 3 rings (SSSR count). The van der Waals surface area contributed by atoms with E-state index < -0.39 is 0 Å². The molecular weight excluding hydrogens is 250 g/mol. The summed E-state index contributed by atoms with van der Waals surface area (Å²) in [6.07, 6.45) is 10.3. The molecule has 0 saturated carbocycles.